The van der Waals surface area contributed by atoms with Crippen LogP contribution in [-0.2, 0) is 4.74 Å². The Kier molecular flexibility index (Phi) is 5.29. The molecule has 3 heteroatoms. The molecular weight excluding hydrogens is 256 g/mol. The Labute approximate surface area is 98.1 Å². The maximum absolute atomic E-state index is 11.6. The second-order valence-corrected chi connectivity index (χ2v) is 3.98. The summed E-state index contributed by atoms with van der Waals surface area (Å²) in [7, 11) is 0. The van der Waals surface area contributed by atoms with Gasteiger partial charge in [-0.15, -0.1) is 6.58 Å². The van der Waals surface area contributed by atoms with E-state index in [4.69, 9.17) is 4.74 Å². The van der Waals surface area contributed by atoms with Crippen LogP contribution in [-0.4, -0.2) is 19.0 Å². The first-order valence-electron chi connectivity index (χ1n) is 4.71. The van der Waals surface area contributed by atoms with Gasteiger partial charge in [-0.3, -0.25) is 4.79 Å². The van der Waals surface area contributed by atoms with Gasteiger partial charge in [0.2, 0.25) is 0 Å². The van der Waals surface area contributed by atoms with Gasteiger partial charge in [0.1, 0.15) is 6.61 Å². The molecule has 0 aromatic heterocycles. The summed E-state index contributed by atoms with van der Waals surface area (Å²) >= 11 is 3.31. The molecule has 0 atom stereocenters. The number of Topliss-reactive ketones (excluding diaryl/α,β-unsaturated/α-hetero) is 1. The van der Waals surface area contributed by atoms with Crippen molar-refractivity contribution in [1.29, 1.82) is 0 Å². The molecule has 0 fully saturated rings. The Morgan fingerprint density at radius 2 is 2.07 bits per heavy atom. The minimum absolute atomic E-state index is 0.00608. The van der Waals surface area contributed by atoms with Crippen LogP contribution in [0.25, 0.3) is 0 Å². The predicted octanol–water partition coefficient (Wildman–Crippen LogP) is 3.22. The van der Waals surface area contributed by atoms with Crippen LogP contribution in [0.3, 0.4) is 0 Å². The van der Waals surface area contributed by atoms with Gasteiger partial charge in [-0.05, 0) is 18.6 Å². The number of carbonyl (C=O) groups excluding carboxylic acids is 1. The predicted molar refractivity (Wildman–Crippen MR) is 64.1 cm³/mol. The summed E-state index contributed by atoms with van der Waals surface area (Å²) in [6, 6.07) is 7.25. The van der Waals surface area contributed by atoms with Gasteiger partial charge < -0.3 is 4.74 Å². The maximum atomic E-state index is 11.6. The molecule has 0 amide bonds. The minimum Gasteiger partial charge on any atom is -0.373 e. The maximum Gasteiger partial charge on any atom is 0.188 e. The average molecular weight is 269 g/mol. The number of benzene rings is 1. The van der Waals surface area contributed by atoms with Crippen molar-refractivity contribution in [2.45, 2.75) is 6.42 Å². The van der Waals surface area contributed by atoms with Gasteiger partial charge in [0.25, 0.3) is 0 Å². The van der Waals surface area contributed by atoms with Crippen LogP contribution in [0.15, 0.2) is 41.4 Å². The molecule has 0 unspecified atom stereocenters. The van der Waals surface area contributed by atoms with E-state index in [0.717, 1.165) is 10.9 Å². The fourth-order valence-electron chi connectivity index (χ4n) is 1.05. The quantitative estimate of drug-likeness (QED) is 0.450. The van der Waals surface area contributed by atoms with Gasteiger partial charge in [0.05, 0.1) is 6.61 Å². The van der Waals surface area contributed by atoms with Crippen LogP contribution in [0, 0.1) is 0 Å². The van der Waals surface area contributed by atoms with Crippen LogP contribution in [0.2, 0.25) is 0 Å². The lowest BCUT2D eigenvalue weighted by Crippen LogP contribution is -2.09. The molecule has 1 rings (SSSR count). The van der Waals surface area contributed by atoms with Crippen LogP contribution >= 0.6 is 15.9 Å². The van der Waals surface area contributed by atoms with Gasteiger partial charge in [-0.2, -0.15) is 0 Å². The summed E-state index contributed by atoms with van der Waals surface area (Å²) in [5.74, 6) is 0.00608. The van der Waals surface area contributed by atoms with Crippen LogP contribution in [0.1, 0.15) is 16.8 Å². The molecule has 15 heavy (non-hydrogen) atoms. The zero-order valence-electron chi connectivity index (χ0n) is 8.41. The van der Waals surface area contributed by atoms with Gasteiger partial charge >= 0.3 is 0 Å². The third-order valence-electron chi connectivity index (χ3n) is 1.87. The fraction of sp³-hybridized carbons (Fsp3) is 0.250. The molecule has 0 saturated carbocycles. The highest BCUT2D eigenvalue weighted by Gasteiger charge is 2.04. The molecule has 0 aliphatic rings. The summed E-state index contributed by atoms with van der Waals surface area (Å²) in [6.45, 7) is 4.26. The van der Waals surface area contributed by atoms with E-state index in [1.165, 1.54) is 0 Å². The van der Waals surface area contributed by atoms with Crippen molar-refractivity contribution >= 4 is 21.7 Å². The van der Waals surface area contributed by atoms with Crippen molar-refractivity contribution in [3.63, 3.8) is 0 Å². The highest BCUT2D eigenvalue weighted by molar-refractivity contribution is 9.10. The highest BCUT2D eigenvalue weighted by Crippen LogP contribution is 2.10. The van der Waals surface area contributed by atoms with E-state index in [0.29, 0.717) is 12.2 Å². The molecule has 1 aromatic carbocycles. The molecule has 0 spiro atoms. The standard InChI is InChI=1S/C12H13BrO2/c1-2-3-8-15-9-12(14)10-4-6-11(13)7-5-10/h2,4-7H,1,3,8-9H2. The van der Waals surface area contributed by atoms with E-state index in [-0.39, 0.29) is 12.4 Å². The summed E-state index contributed by atoms with van der Waals surface area (Å²) in [5, 5.41) is 0. The van der Waals surface area contributed by atoms with Crippen molar-refractivity contribution < 1.29 is 9.53 Å². The number of hydrogen-bond acceptors (Lipinski definition) is 2. The van der Waals surface area contributed by atoms with Crippen LogP contribution in [0.5, 0.6) is 0 Å². The van der Waals surface area contributed by atoms with E-state index >= 15 is 0 Å². The number of carbonyl (C=O) groups is 1. The monoisotopic (exact) mass is 268 g/mol. The third kappa shape index (κ3) is 4.40. The number of ether oxygens (including phenoxy) is 1. The fourth-order valence-corrected chi connectivity index (χ4v) is 1.31. The summed E-state index contributed by atoms with van der Waals surface area (Å²) < 4.78 is 6.15. The second kappa shape index (κ2) is 6.53. The lowest BCUT2D eigenvalue weighted by atomic mass is 10.1. The third-order valence-corrected chi connectivity index (χ3v) is 2.39. The molecule has 0 aliphatic heterocycles. The first kappa shape index (κ1) is 12.1. The summed E-state index contributed by atoms with van der Waals surface area (Å²) in [5.41, 5.74) is 0.678. The normalized spacial score (nSPS) is 9.93. The first-order chi connectivity index (χ1) is 7.24. The van der Waals surface area contributed by atoms with E-state index < -0.39 is 0 Å². The van der Waals surface area contributed by atoms with Crippen molar-refractivity contribution in [1.82, 2.24) is 0 Å². The Morgan fingerprint density at radius 3 is 2.67 bits per heavy atom. The zero-order chi connectivity index (χ0) is 11.1. The zero-order valence-corrected chi connectivity index (χ0v) is 10.00. The first-order valence-corrected chi connectivity index (χ1v) is 5.50. The molecule has 0 bridgehead atoms. The Bertz CT molecular complexity index is 330. The van der Waals surface area contributed by atoms with E-state index in [9.17, 15) is 4.79 Å². The highest BCUT2D eigenvalue weighted by atomic mass is 79.9. The van der Waals surface area contributed by atoms with E-state index in [1.807, 2.05) is 12.1 Å². The van der Waals surface area contributed by atoms with Crippen molar-refractivity contribution in [3.8, 4) is 0 Å². The van der Waals surface area contributed by atoms with Gasteiger partial charge in [0.15, 0.2) is 5.78 Å². The molecule has 0 N–H and O–H groups in total. The van der Waals surface area contributed by atoms with E-state index in [1.54, 1.807) is 18.2 Å². The molecule has 0 aliphatic carbocycles. The smallest absolute Gasteiger partial charge is 0.188 e. The number of rotatable bonds is 6. The van der Waals surface area contributed by atoms with Gasteiger partial charge in [-0.25, -0.2) is 0 Å². The molecule has 0 radical (unpaired) electrons. The lowest BCUT2D eigenvalue weighted by Gasteiger charge is -2.02. The number of hydrogen-bond donors (Lipinski definition) is 0. The molecule has 0 heterocycles. The SMILES string of the molecule is C=CCCOCC(=O)c1ccc(Br)cc1. The Hall–Kier alpha value is -0.930. The number of ketones is 1. The largest absolute Gasteiger partial charge is 0.373 e. The molecule has 80 valence electrons. The van der Waals surface area contributed by atoms with Gasteiger partial charge in [-0.1, -0.05) is 34.1 Å². The average Bonchev–Trinajstić information content (AvgIpc) is 2.25. The summed E-state index contributed by atoms with van der Waals surface area (Å²) in [4.78, 5) is 11.6. The second-order valence-electron chi connectivity index (χ2n) is 3.06. The van der Waals surface area contributed by atoms with E-state index in [2.05, 4.69) is 22.5 Å². The molecule has 0 saturated heterocycles. The molecule has 1 aromatic rings. The van der Waals surface area contributed by atoms with Crippen LogP contribution in [0.4, 0.5) is 0 Å². The Balaban J connectivity index is 2.40. The van der Waals surface area contributed by atoms with Crippen molar-refractivity contribution in [3.05, 3.63) is 47.0 Å². The topological polar surface area (TPSA) is 26.3 Å². The van der Waals surface area contributed by atoms with Crippen molar-refractivity contribution in [2.24, 2.45) is 0 Å². The Morgan fingerprint density at radius 1 is 1.40 bits per heavy atom. The molecular formula is C12H13BrO2. The molecule has 2 nitrogen and oxygen atoms in total. The van der Waals surface area contributed by atoms with Crippen molar-refractivity contribution in [2.75, 3.05) is 13.2 Å². The van der Waals surface area contributed by atoms with Crippen LogP contribution < -0.4 is 0 Å². The van der Waals surface area contributed by atoms with Gasteiger partial charge in [0, 0.05) is 10.0 Å². The number of halogens is 1. The minimum atomic E-state index is 0.00608. The lowest BCUT2D eigenvalue weighted by molar-refractivity contribution is 0.0768. The summed E-state index contributed by atoms with van der Waals surface area (Å²) in [6.07, 6.45) is 2.54.